The predicted octanol–water partition coefficient (Wildman–Crippen LogP) is 5.23. The summed E-state index contributed by atoms with van der Waals surface area (Å²) in [5.41, 5.74) is 2.55. The summed E-state index contributed by atoms with van der Waals surface area (Å²) in [6.07, 6.45) is 0.229. The van der Waals surface area contributed by atoms with Gasteiger partial charge in [-0.3, -0.25) is 13.9 Å². The van der Waals surface area contributed by atoms with Crippen molar-refractivity contribution in [2.45, 2.75) is 30.8 Å². The zero-order valence-electron chi connectivity index (χ0n) is 22.9. The molecule has 4 rings (SSSR count). The average Bonchev–Trinajstić information content (AvgIpc) is 2.99. The molecule has 0 aliphatic carbocycles. The zero-order chi connectivity index (χ0) is 29.4. The number of aryl methyl sites for hydroxylation is 1. The normalized spacial score (nSPS) is 11.9. The van der Waals surface area contributed by atoms with E-state index in [9.17, 15) is 18.0 Å². The monoisotopic (exact) mass is 589 g/mol. The van der Waals surface area contributed by atoms with Crippen LogP contribution in [0.2, 0.25) is 5.02 Å². The van der Waals surface area contributed by atoms with Gasteiger partial charge in [0.25, 0.3) is 10.0 Å². The molecule has 0 spiro atoms. The Morgan fingerprint density at radius 1 is 0.829 bits per heavy atom. The molecule has 0 radical (unpaired) electrons. The Morgan fingerprint density at radius 2 is 1.41 bits per heavy atom. The maximum absolute atomic E-state index is 14.3. The van der Waals surface area contributed by atoms with Crippen LogP contribution < -0.4 is 9.62 Å². The number of nitrogens with one attached hydrogen (secondary N) is 1. The van der Waals surface area contributed by atoms with Crippen molar-refractivity contribution in [2.75, 3.05) is 17.9 Å². The summed E-state index contributed by atoms with van der Waals surface area (Å²) in [6, 6.07) is 30.5. The third kappa shape index (κ3) is 7.14. The summed E-state index contributed by atoms with van der Waals surface area (Å²) < 4.78 is 29.0. The minimum atomic E-state index is -4.14. The van der Waals surface area contributed by atoms with Crippen LogP contribution in [0.4, 0.5) is 5.69 Å². The lowest BCUT2D eigenvalue weighted by Gasteiger charge is -2.34. The Kier molecular flexibility index (Phi) is 9.81. The van der Waals surface area contributed by atoms with E-state index in [1.807, 2.05) is 30.3 Å². The van der Waals surface area contributed by atoms with Crippen molar-refractivity contribution in [1.29, 1.82) is 0 Å². The molecule has 0 aliphatic heterocycles. The molecule has 2 amide bonds. The van der Waals surface area contributed by atoms with Crippen LogP contribution in [-0.4, -0.2) is 44.8 Å². The minimum absolute atomic E-state index is 0.0103. The molecule has 41 heavy (non-hydrogen) atoms. The van der Waals surface area contributed by atoms with E-state index < -0.39 is 28.5 Å². The number of para-hydroxylation sites is 1. The van der Waals surface area contributed by atoms with Crippen molar-refractivity contribution in [3.63, 3.8) is 0 Å². The first-order chi connectivity index (χ1) is 19.7. The topological polar surface area (TPSA) is 86.8 Å². The number of benzene rings is 4. The van der Waals surface area contributed by atoms with Crippen LogP contribution in [0.1, 0.15) is 16.7 Å². The van der Waals surface area contributed by atoms with E-state index in [4.69, 9.17) is 11.6 Å². The number of hydrogen-bond acceptors (Lipinski definition) is 4. The highest BCUT2D eigenvalue weighted by atomic mass is 35.5. The number of amides is 2. The SMILES string of the molecule is CNC(=O)[C@H](Cc1ccccc1)N(Cc1ccccc1Cl)C(=O)CN(c1ccccc1C)S(=O)(=O)c1ccccc1. The fourth-order valence-corrected chi connectivity index (χ4v) is 6.30. The molecule has 0 unspecified atom stereocenters. The van der Waals surface area contributed by atoms with E-state index in [1.54, 1.807) is 73.7 Å². The number of halogens is 1. The lowest BCUT2D eigenvalue weighted by molar-refractivity contribution is -0.139. The highest BCUT2D eigenvalue weighted by molar-refractivity contribution is 7.92. The quantitative estimate of drug-likeness (QED) is 0.260. The molecule has 4 aromatic rings. The van der Waals surface area contributed by atoms with Gasteiger partial charge in [-0.1, -0.05) is 96.5 Å². The number of anilines is 1. The van der Waals surface area contributed by atoms with Gasteiger partial charge >= 0.3 is 0 Å². The van der Waals surface area contributed by atoms with Gasteiger partial charge < -0.3 is 10.2 Å². The Bertz CT molecular complexity index is 1600. The van der Waals surface area contributed by atoms with Gasteiger partial charge in [0.1, 0.15) is 12.6 Å². The molecular weight excluding hydrogens is 558 g/mol. The van der Waals surface area contributed by atoms with Crippen LogP contribution in [0.15, 0.2) is 114 Å². The number of rotatable bonds is 11. The fourth-order valence-electron chi connectivity index (χ4n) is 4.61. The van der Waals surface area contributed by atoms with Crippen LogP contribution in [0.5, 0.6) is 0 Å². The maximum Gasteiger partial charge on any atom is 0.264 e. The van der Waals surface area contributed by atoms with E-state index >= 15 is 0 Å². The van der Waals surface area contributed by atoms with E-state index in [2.05, 4.69) is 5.32 Å². The van der Waals surface area contributed by atoms with Crippen LogP contribution in [0.25, 0.3) is 0 Å². The second-order valence-corrected chi connectivity index (χ2v) is 11.8. The Labute approximate surface area is 246 Å². The number of carbonyl (C=O) groups excluding carboxylic acids is 2. The lowest BCUT2D eigenvalue weighted by Crippen LogP contribution is -2.53. The standard InChI is InChI=1S/C32H32ClN3O4S/c1-24-13-9-12-20-29(24)36(41(39,40)27-17-7-4-8-18-27)23-31(37)35(22-26-16-10-11-19-28(26)33)30(32(38)34-2)21-25-14-5-3-6-15-25/h3-20,30H,21-23H2,1-2H3,(H,34,38)/t30-/m0/s1. The molecule has 0 aliphatic rings. The second-order valence-electron chi connectivity index (χ2n) is 9.54. The summed E-state index contributed by atoms with van der Waals surface area (Å²) in [5.74, 6) is -0.917. The van der Waals surface area contributed by atoms with Crippen molar-refractivity contribution in [3.05, 3.63) is 131 Å². The average molecular weight is 590 g/mol. The molecule has 1 N–H and O–H groups in total. The first-order valence-corrected chi connectivity index (χ1v) is 15.0. The fraction of sp³-hybridized carbons (Fsp3) is 0.188. The van der Waals surface area contributed by atoms with Gasteiger partial charge in [-0.2, -0.15) is 0 Å². The third-order valence-electron chi connectivity index (χ3n) is 6.81. The first kappa shape index (κ1) is 29.8. The molecule has 0 fully saturated rings. The van der Waals surface area contributed by atoms with E-state index in [-0.39, 0.29) is 23.8 Å². The van der Waals surface area contributed by atoms with Gasteiger partial charge in [-0.25, -0.2) is 8.42 Å². The minimum Gasteiger partial charge on any atom is -0.357 e. The first-order valence-electron chi connectivity index (χ1n) is 13.1. The smallest absolute Gasteiger partial charge is 0.264 e. The van der Waals surface area contributed by atoms with Crippen LogP contribution in [0.3, 0.4) is 0 Å². The number of hydrogen-bond donors (Lipinski definition) is 1. The van der Waals surface area contributed by atoms with Crippen molar-refractivity contribution in [2.24, 2.45) is 0 Å². The molecule has 0 heterocycles. The zero-order valence-corrected chi connectivity index (χ0v) is 24.5. The van der Waals surface area contributed by atoms with Gasteiger partial charge in [0.2, 0.25) is 11.8 Å². The summed E-state index contributed by atoms with van der Waals surface area (Å²) in [5, 5.41) is 3.11. The van der Waals surface area contributed by atoms with Crippen molar-refractivity contribution in [3.8, 4) is 0 Å². The van der Waals surface area contributed by atoms with Gasteiger partial charge in [0.15, 0.2) is 0 Å². The second kappa shape index (κ2) is 13.5. The molecule has 0 aromatic heterocycles. The molecule has 0 saturated heterocycles. The van der Waals surface area contributed by atoms with Crippen LogP contribution >= 0.6 is 11.6 Å². The van der Waals surface area contributed by atoms with Crippen LogP contribution in [-0.2, 0) is 32.6 Å². The number of likely N-dealkylation sites (N-methyl/N-ethyl adjacent to an activating group) is 1. The van der Waals surface area contributed by atoms with Crippen LogP contribution in [0, 0.1) is 6.92 Å². The predicted molar refractivity (Wildman–Crippen MR) is 162 cm³/mol. The lowest BCUT2D eigenvalue weighted by atomic mass is 10.0. The number of sulfonamides is 1. The molecule has 212 valence electrons. The van der Waals surface area contributed by atoms with Gasteiger partial charge in [-0.05, 0) is 47.9 Å². The van der Waals surface area contributed by atoms with Gasteiger partial charge in [-0.15, -0.1) is 0 Å². The molecule has 7 nitrogen and oxygen atoms in total. The summed E-state index contributed by atoms with van der Waals surface area (Å²) in [4.78, 5) is 29.0. The summed E-state index contributed by atoms with van der Waals surface area (Å²) in [7, 11) is -2.63. The third-order valence-corrected chi connectivity index (χ3v) is 8.95. The van der Waals surface area contributed by atoms with E-state index in [1.165, 1.54) is 24.1 Å². The van der Waals surface area contributed by atoms with Gasteiger partial charge in [0, 0.05) is 25.0 Å². The van der Waals surface area contributed by atoms with Crippen molar-refractivity contribution in [1.82, 2.24) is 10.2 Å². The number of nitrogens with zero attached hydrogens (tertiary/aromatic N) is 2. The highest BCUT2D eigenvalue weighted by Crippen LogP contribution is 2.28. The Hall–Kier alpha value is -4.14. The summed E-state index contributed by atoms with van der Waals surface area (Å²) in [6.45, 7) is 1.28. The van der Waals surface area contributed by atoms with Crippen molar-refractivity contribution < 1.29 is 18.0 Å². The molecule has 0 saturated carbocycles. The van der Waals surface area contributed by atoms with Crippen molar-refractivity contribution >= 4 is 39.1 Å². The van der Waals surface area contributed by atoms with Gasteiger partial charge in [0.05, 0.1) is 10.6 Å². The maximum atomic E-state index is 14.3. The Balaban J connectivity index is 1.80. The Morgan fingerprint density at radius 3 is 2.05 bits per heavy atom. The largest absolute Gasteiger partial charge is 0.357 e. The van der Waals surface area contributed by atoms with E-state index in [0.29, 0.717) is 21.8 Å². The molecule has 4 aromatic carbocycles. The highest BCUT2D eigenvalue weighted by Gasteiger charge is 2.34. The molecule has 9 heteroatoms. The van der Waals surface area contributed by atoms with E-state index in [0.717, 1.165) is 9.87 Å². The molecule has 0 bridgehead atoms. The molecule has 1 atom stereocenters. The summed E-state index contributed by atoms with van der Waals surface area (Å²) >= 11 is 6.48. The number of carbonyl (C=O) groups is 2. The molecular formula is C32H32ClN3O4S.